The summed E-state index contributed by atoms with van der Waals surface area (Å²) >= 11 is 3.39. The normalized spacial score (nSPS) is 12.0. The zero-order chi connectivity index (χ0) is 14.7. The molecule has 0 amide bonds. The Morgan fingerprint density at radius 2 is 1.90 bits per heavy atom. The van der Waals surface area contributed by atoms with Gasteiger partial charge in [-0.1, -0.05) is 28.1 Å². The number of halogens is 2. The predicted octanol–water partition coefficient (Wildman–Crippen LogP) is 4.35. The van der Waals surface area contributed by atoms with E-state index in [1.165, 1.54) is 13.2 Å². The Kier molecular flexibility index (Phi) is 4.49. The molecule has 0 spiro atoms. The van der Waals surface area contributed by atoms with Crippen molar-refractivity contribution in [2.24, 2.45) is 0 Å². The van der Waals surface area contributed by atoms with Crippen LogP contribution in [-0.4, -0.2) is 7.11 Å². The van der Waals surface area contributed by atoms with E-state index in [4.69, 9.17) is 10.5 Å². The van der Waals surface area contributed by atoms with Crippen LogP contribution < -0.4 is 15.8 Å². The number of anilines is 2. The van der Waals surface area contributed by atoms with Crippen LogP contribution in [0.5, 0.6) is 5.75 Å². The predicted molar refractivity (Wildman–Crippen MR) is 83.5 cm³/mol. The highest BCUT2D eigenvalue weighted by molar-refractivity contribution is 9.10. The molecule has 1 atom stereocenters. The second-order valence-electron chi connectivity index (χ2n) is 4.49. The molecule has 0 bridgehead atoms. The third-order valence-corrected chi connectivity index (χ3v) is 3.59. The number of ether oxygens (including phenoxy) is 1. The van der Waals surface area contributed by atoms with Crippen LogP contribution >= 0.6 is 15.9 Å². The zero-order valence-electron chi connectivity index (χ0n) is 11.3. The SMILES string of the molecule is COc1cc(NC(C)c2ccc(Br)cc2)c(F)cc1N. The van der Waals surface area contributed by atoms with Crippen molar-refractivity contribution < 1.29 is 9.13 Å². The van der Waals surface area contributed by atoms with Gasteiger partial charge in [0.1, 0.15) is 11.6 Å². The lowest BCUT2D eigenvalue weighted by Crippen LogP contribution is -2.08. The van der Waals surface area contributed by atoms with Gasteiger partial charge in [-0.2, -0.15) is 0 Å². The summed E-state index contributed by atoms with van der Waals surface area (Å²) in [5, 5.41) is 3.12. The van der Waals surface area contributed by atoms with Crippen LogP contribution in [0.3, 0.4) is 0 Å². The molecule has 0 saturated carbocycles. The van der Waals surface area contributed by atoms with Gasteiger partial charge in [0.2, 0.25) is 0 Å². The van der Waals surface area contributed by atoms with E-state index in [9.17, 15) is 4.39 Å². The fourth-order valence-corrected chi connectivity index (χ4v) is 2.19. The first-order valence-electron chi connectivity index (χ1n) is 6.16. The summed E-state index contributed by atoms with van der Waals surface area (Å²) in [5.41, 5.74) is 7.37. The molecular weight excluding hydrogens is 323 g/mol. The Balaban J connectivity index is 2.23. The van der Waals surface area contributed by atoms with E-state index in [0.717, 1.165) is 10.0 Å². The molecule has 0 heterocycles. The van der Waals surface area contributed by atoms with E-state index in [1.54, 1.807) is 6.07 Å². The largest absolute Gasteiger partial charge is 0.495 e. The molecule has 0 radical (unpaired) electrons. The maximum atomic E-state index is 13.9. The molecule has 5 heteroatoms. The maximum Gasteiger partial charge on any atom is 0.148 e. The Bertz CT molecular complexity index is 602. The van der Waals surface area contributed by atoms with Gasteiger partial charge in [-0.15, -0.1) is 0 Å². The topological polar surface area (TPSA) is 47.3 Å². The van der Waals surface area contributed by atoms with Crippen molar-refractivity contribution >= 4 is 27.3 Å². The summed E-state index contributed by atoms with van der Waals surface area (Å²) in [4.78, 5) is 0. The van der Waals surface area contributed by atoms with Crippen molar-refractivity contribution in [2.45, 2.75) is 13.0 Å². The molecule has 3 nitrogen and oxygen atoms in total. The van der Waals surface area contributed by atoms with Gasteiger partial charge in [-0.05, 0) is 24.6 Å². The lowest BCUT2D eigenvalue weighted by Gasteiger charge is -2.17. The van der Waals surface area contributed by atoms with Crippen LogP contribution in [0, 0.1) is 5.82 Å². The van der Waals surface area contributed by atoms with Gasteiger partial charge in [-0.25, -0.2) is 4.39 Å². The van der Waals surface area contributed by atoms with Crippen LogP contribution in [0.15, 0.2) is 40.9 Å². The smallest absolute Gasteiger partial charge is 0.148 e. The van der Waals surface area contributed by atoms with Gasteiger partial charge < -0.3 is 15.8 Å². The molecule has 0 aliphatic carbocycles. The van der Waals surface area contributed by atoms with E-state index >= 15 is 0 Å². The molecular formula is C15H16BrFN2O. The standard InChI is InChI=1S/C15H16BrFN2O/c1-9(10-3-5-11(16)6-4-10)19-14-8-15(20-2)13(18)7-12(14)17/h3-9,19H,18H2,1-2H3. The average molecular weight is 339 g/mol. The molecule has 20 heavy (non-hydrogen) atoms. The van der Waals surface area contributed by atoms with Crippen molar-refractivity contribution in [3.8, 4) is 5.75 Å². The highest BCUT2D eigenvalue weighted by Crippen LogP contribution is 2.30. The van der Waals surface area contributed by atoms with Crippen LogP contribution in [0.2, 0.25) is 0 Å². The maximum absolute atomic E-state index is 13.9. The van der Waals surface area contributed by atoms with Crippen LogP contribution in [0.25, 0.3) is 0 Å². The van der Waals surface area contributed by atoms with Crippen molar-refractivity contribution in [3.63, 3.8) is 0 Å². The highest BCUT2D eigenvalue weighted by atomic mass is 79.9. The number of nitrogen functional groups attached to an aromatic ring is 1. The molecule has 2 aromatic rings. The third-order valence-electron chi connectivity index (χ3n) is 3.06. The minimum absolute atomic E-state index is 0.0362. The number of rotatable bonds is 4. The summed E-state index contributed by atoms with van der Waals surface area (Å²) in [6, 6.07) is 10.7. The van der Waals surface area contributed by atoms with E-state index in [2.05, 4.69) is 21.2 Å². The van der Waals surface area contributed by atoms with Gasteiger partial charge >= 0.3 is 0 Å². The molecule has 0 aromatic heterocycles. The molecule has 1 unspecified atom stereocenters. The first-order valence-corrected chi connectivity index (χ1v) is 6.95. The van der Waals surface area contributed by atoms with Crippen molar-refractivity contribution in [2.75, 3.05) is 18.2 Å². The Hall–Kier alpha value is -1.75. The van der Waals surface area contributed by atoms with Gasteiger partial charge in [-0.3, -0.25) is 0 Å². The Labute approximate surface area is 126 Å². The van der Waals surface area contributed by atoms with Crippen molar-refractivity contribution in [1.82, 2.24) is 0 Å². The number of hydrogen-bond acceptors (Lipinski definition) is 3. The number of hydrogen-bond donors (Lipinski definition) is 2. The molecule has 0 aliphatic heterocycles. The first-order chi connectivity index (χ1) is 9.51. The molecule has 2 rings (SSSR count). The first kappa shape index (κ1) is 14.7. The quantitative estimate of drug-likeness (QED) is 0.814. The monoisotopic (exact) mass is 338 g/mol. The minimum atomic E-state index is -0.396. The molecule has 0 saturated heterocycles. The molecule has 3 N–H and O–H groups in total. The van der Waals surface area contributed by atoms with Crippen LogP contribution in [0.4, 0.5) is 15.8 Å². The third kappa shape index (κ3) is 3.22. The fraction of sp³-hybridized carbons (Fsp3) is 0.200. The summed E-state index contributed by atoms with van der Waals surface area (Å²) in [6.07, 6.45) is 0. The van der Waals surface area contributed by atoms with Crippen molar-refractivity contribution in [3.05, 3.63) is 52.3 Å². The summed E-state index contributed by atoms with van der Waals surface area (Å²) in [6.45, 7) is 1.96. The lowest BCUT2D eigenvalue weighted by molar-refractivity contribution is 0.416. The fourth-order valence-electron chi connectivity index (χ4n) is 1.92. The zero-order valence-corrected chi connectivity index (χ0v) is 12.9. The van der Waals surface area contributed by atoms with E-state index < -0.39 is 5.82 Å². The minimum Gasteiger partial charge on any atom is -0.495 e. The van der Waals surface area contributed by atoms with Gasteiger partial charge in [0.25, 0.3) is 0 Å². The molecule has 0 fully saturated rings. The van der Waals surface area contributed by atoms with Gasteiger partial charge in [0.15, 0.2) is 0 Å². The molecule has 2 aromatic carbocycles. The van der Waals surface area contributed by atoms with Crippen LogP contribution in [-0.2, 0) is 0 Å². The highest BCUT2D eigenvalue weighted by Gasteiger charge is 2.12. The van der Waals surface area contributed by atoms with E-state index in [-0.39, 0.29) is 11.7 Å². The van der Waals surface area contributed by atoms with E-state index in [1.807, 2.05) is 31.2 Å². The molecule has 106 valence electrons. The Morgan fingerprint density at radius 1 is 1.25 bits per heavy atom. The van der Waals surface area contributed by atoms with Crippen molar-refractivity contribution in [1.29, 1.82) is 0 Å². The number of nitrogens with one attached hydrogen (secondary N) is 1. The summed E-state index contributed by atoms with van der Waals surface area (Å²) < 4.78 is 20.0. The number of methoxy groups -OCH3 is 1. The summed E-state index contributed by atoms with van der Waals surface area (Å²) in [5.74, 6) is 0.0594. The second-order valence-corrected chi connectivity index (χ2v) is 5.41. The van der Waals surface area contributed by atoms with Gasteiger partial charge in [0.05, 0.1) is 18.5 Å². The lowest BCUT2D eigenvalue weighted by atomic mass is 10.1. The van der Waals surface area contributed by atoms with Crippen LogP contribution in [0.1, 0.15) is 18.5 Å². The summed E-state index contributed by atoms with van der Waals surface area (Å²) in [7, 11) is 1.51. The Morgan fingerprint density at radius 3 is 2.50 bits per heavy atom. The number of nitrogens with two attached hydrogens (primary N) is 1. The average Bonchev–Trinajstić information content (AvgIpc) is 2.42. The number of benzene rings is 2. The van der Waals surface area contributed by atoms with E-state index in [0.29, 0.717) is 11.4 Å². The second kappa shape index (κ2) is 6.13. The molecule has 0 aliphatic rings. The van der Waals surface area contributed by atoms with Gasteiger partial charge in [0, 0.05) is 22.6 Å².